The van der Waals surface area contributed by atoms with Gasteiger partial charge >= 0.3 is 6.09 Å². The Morgan fingerprint density at radius 3 is 2.60 bits per heavy atom. The van der Waals surface area contributed by atoms with Crippen molar-refractivity contribution in [2.24, 2.45) is 0 Å². The van der Waals surface area contributed by atoms with E-state index in [0.717, 1.165) is 4.90 Å². The summed E-state index contributed by atoms with van der Waals surface area (Å²) in [5.41, 5.74) is 5.51. The molecular formula is C16H20BrF2N3O3. The van der Waals surface area contributed by atoms with Crippen LogP contribution in [0.5, 0.6) is 0 Å². The van der Waals surface area contributed by atoms with E-state index in [9.17, 15) is 18.4 Å². The van der Waals surface area contributed by atoms with Crippen LogP contribution in [0.4, 0.5) is 25.0 Å². The van der Waals surface area contributed by atoms with Crippen molar-refractivity contribution in [3.8, 4) is 0 Å². The first-order valence-electron chi connectivity index (χ1n) is 7.61. The maximum atomic E-state index is 13.8. The smallest absolute Gasteiger partial charge is 0.411 e. The minimum atomic E-state index is -3.16. The Kier molecular flexibility index (Phi) is 5.27. The molecule has 1 fully saturated rings. The highest BCUT2D eigenvalue weighted by molar-refractivity contribution is 9.10. The van der Waals surface area contributed by atoms with Crippen LogP contribution in [-0.2, 0) is 9.53 Å². The number of benzene rings is 1. The number of amides is 2. The number of nitrogen functional groups attached to an aromatic ring is 1. The van der Waals surface area contributed by atoms with Crippen molar-refractivity contribution in [3.05, 3.63) is 22.7 Å². The third-order valence-corrected chi connectivity index (χ3v) is 3.97. The van der Waals surface area contributed by atoms with E-state index in [2.05, 4.69) is 21.2 Å². The van der Waals surface area contributed by atoms with Crippen molar-refractivity contribution in [3.63, 3.8) is 0 Å². The summed E-state index contributed by atoms with van der Waals surface area (Å²) < 4.78 is 33.5. The molecule has 0 aliphatic carbocycles. The number of hydrogen-bond acceptors (Lipinski definition) is 4. The molecule has 138 valence electrons. The molecule has 1 aromatic carbocycles. The Hall–Kier alpha value is -1.90. The second-order valence-corrected chi connectivity index (χ2v) is 7.82. The van der Waals surface area contributed by atoms with Gasteiger partial charge in [-0.15, -0.1) is 0 Å². The molecule has 3 N–H and O–H groups in total. The standard InChI is InChI=1S/C16H20BrF2N3O3/c1-15(2,3)25-14(24)22-8-16(18,19)7-12(22)13(23)21-11-5-4-9(17)6-10(11)20/h4-6,12H,7-8,20H2,1-3H3,(H,21,23). The van der Waals surface area contributed by atoms with E-state index in [0.29, 0.717) is 4.47 Å². The maximum absolute atomic E-state index is 13.8. The van der Waals surface area contributed by atoms with E-state index in [1.54, 1.807) is 39.0 Å². The average Bonchev–Trinajstić information content (AvgIpc) is 2.76. The number of halogens is 3. The molecule has 2 amide bonds. The van der Waals surface area contributed by atoms with Gasteiger partial charge in [0.15, 0.2) is 0 Å². The first-order valence-corrected chi connectivity index (χ1v) is 8.41. The fraction of sp³-hybridized carbons (Fsp3) is 0.500. The Labute approximate surface area is 152 Å². The summed E-state index contributed by atoms with van der Waals surface area (Å²) in [5.74, 6) is -3.90. The zero-order valence-corrected chi connectivity index (χ0v) is 15.7. The van der Waals surface area contributed by atoms with Crippen LogP contribution in [-0.4, -0.2) is 41.0 Å². The molecule has 1 aliphatic rings. The minimum absolute atomic E-state index is 0.274. The summed E-state index contributed by atoms with van der Waals surface area (Å²) in [6.07, 6.45) is -1.72. The molecule has 1 atom stereocenters. The Morgan fingerprint density at radius 2 is 2.04 bits per heavy atom. The predicted octanol–water partition coefficient (Wildman–Crippen LogP) is 3.61. The average molecular weight is 420 g/mol. The van der Waals surface area contributed by atoms with Crippen molar-refractivity contribution in [2.45, 2.75) is 44.8 Å². The third kappa shape index (κ3) is 5.04. The number of anilines is 2. The molecule has 0 saturated carbocycles. The lowest BCUT2D eigenvalue weighted by molar-refractivity contribution is -0.120. The van der Waals surface area contributed by atoms with Crippen molar-refractivity contribution in [2.75, 3.05) is 17.6 Å². The molecule has 0 aromatic heterocycles. The molecular weight excluding hydrogens is 400 g/mol. The molecule has 25 heavy (non-hydrogen) atoms. The summed E-state index contributed by atoms with van der Waals surface area (Å²) in [7, 11) is 0. The number of nitrogens with one attached hydrogen (secondary N) is 1. The monoisotopic (exact) mass is 419 g/mol. The predicted molar refractivity (Wildman–Crippen MR) is 93.5 cm³/mol. The summed E-state index contributed by atoms with van der Waals surface area (Å²) in [6.45, 7) is 4.00. The number of rotatable bonds is 2. The summed E-state index contributed by atoms with van der Waals surface area (Å²) in [6, 6.07) is 3.43. The molecule has 0 bridgehead atoms. The number of nitrogens with zero attached hydrogens (tertiary/aromatic N) is 1. The van der Waals surface area contributed by atoms with Gasteiger partial charge in [-0.25, -0.2) is 13.6 Å². The highest BCUT2D eigenvalue weighted by Gasteiger charge is 2.51. The normalized spacial score (nSPS) is 19.6. The van der Waals surface area contributed by atoms with Crippen LogP contribution in [0, 0.1) is 0 Å². The third-order valence-electron chi connectivity index (χ3n) is 3.47. The van der Waals surface area contributed by atoms with Crippen LogP contribution in [0.1, 0.15) is 27.2 Å². The minimum Gasteiger partial charge on any atom is -0.444 e. The van der Waals surface area contributed by atoms with Crippen molar-refractivity contribution < 1.29 is 23.1 Å². The second kappa shape index (κ2) is 6.78. The summed E-state index contributed by atoms with van der Waals surface area (Å²) in [5, 5.41) is 2.50. The van der Waals surface area contributed by atoms with Crippen LogP contribution in [0.3, 0.4) is 0 Å². The van der Waals surface area contributed by atoms with Gasteiger partial charge in [0.25, 0.3) is 5.92 Å². The lowest BCUT2D eigenvalue weighted by Crippen LogP contribution is -2.45. The lowest BCUT2D eigenvalue weighted by Gasteiger charge is -2.27. The van der Waals surface area contributed by atoms with E-state index >= 15 is 0 Å². The number of hydrogen-bond donors (Lipinski definition) is 2. The number of nitrogens with two attached hydrogens (primary N) is 1. The van der Waals surface area contributed by atoms with Crippen molar-refractivity contribution >= 4 is 39.3 Å². The molecule has 0 spiro atoms. The molecule has 2 rings (SSSR count). The van der Waals surface area contributed by atoms with Crippen LogP contribution in [0.15, 0.2) is 22.7 Å². The fourth-order valence-corrected chi connectivity index (χ4v) is 2.81. The molecule has 6 nitrogen and oxygen atoms in total. The number of carbonyl (C=O) groups is 2. The number of ether oxygens (including phenoxy) is 1. The van der Waals surface area contributed by atoms with Crippen LogP contribution < -0.4 is 11.1 Å². The second-order valence-electron chi connectivity index (χ2n) is 6.90. The van der Waals surface area contributed by atoms with Crippen LogP contribution in [0.2, 0.25) is 0 Å². The van der Waals surface area contributed by atoms with E-state index < -0.39 is 42.5 Å². The topological polar surface area (TPSA) is 84.7 Å². The molecule has 1 heterocycles. The molecule has 0 radical (unpaired) electrons. The van der Waals surface area contributed by atoms with Gasteiger partial charge < -0.3 is 15.8 Å². The largest absolute Gasteiger partial charge is 0.444 e. The Bertz CT molecular complexity index is 692. The summed E-state index contributed by atoms with van der Waals surface area (Å²) >= 11 is 3.24. The fourth-order valence-electron chi connectivity index (χ4n) is 2.43. The zero-order valence-electron chi connectivity index (χ0n) is 14.1. The highest BCUT2D eigenvalue weighted by Crippen LogP contribution is 2.34. The zero-order chi connectivity index (χ0) is 19.0. The number of carbonyl (C=O) groups excluding carboxylic acids is 2. The molecule has 1 saturated heterocycles. The van der Waals surface area contributed by atoms with Gasteiger partial charge in [0.1, 0.15) is 11.6 Å². The molecule has 9 heteroatoms. The molecule has 1 unspecified atom stereocenters. The van der Waals surface area contributed by atoms with Gasteiger partial charge in [-0.2, -0.15) is 0 Å². The molecule has 1 aliphatic heterocycles. The van der Waals surface area contributed by atoms with Gasteiger partial charge in [0.2, 0.25) is 5.91 Å². The quantitative estimate of drug-likeness (QED) is 0.716. The van der Waals surface area contributed by atoms with Crippen LogP contribution >= 0.6 is 15.9 Å². The highest BCUT2D eigenvalue weighted by atomic mass is 79.9. The van der Waals surface area contributed by atoms with E-state index in [1.807, 2.05) is 0 Å². The number of alkyl halides is 2. The lowest BCUT2D eigenvalue weighted by atomic mass is 10.1. The van der Waals surface area contributed by atoms with Crippen molar-refractivity contribution in [1.29, 1.82) is 0 Å². The first kappa shape index (κ1) is 19.4. The van der Waals surface area contributed by atoms with Gasteiger partial charge in [-0.3, -0.25) is 9.69 Å². The van der Waals surface area contributed by atoms with Gasteiger partial charge in [-0.1, -0.05) is 15.9 Å². The summed E-state index contributed by atoms with van der Waals surface area (Å²) in [4.78, 5) is 25.4. The maximum Gasteiger partial charge on any atom is 0.411 e. The first-order chi connectivity index (χ1) is 11.4. The van der Waals surface area contributed by atoms with Crippen LogP contribution in [0.25, 0.3) is 0 Å². The van der Waals surface area contributed by atoms with Crippen molar-refractivity contribution in [1.82, 2.24) is 4.90 Å². The van der Waals surface area contributed by atoms with E-state index in [1.165, 1.54) is 0 Å². The Morgan fingerprint density at radius 1 is 1.40 bits per heavy atom. The molecule has 1 aromatic rings. The Balaban J connectivity index is 2.18. The SMILES string of the molecule is CC(C)(C)OC(=O)N1CC(F)(F)CC1C(=O)Nc1ccc(Br)cc1N. The van der Waals surface area contributed by atoms with E-state index in [4.69, 9.17) is 10.5 Å². The van der Waals surface area contributed by atoms with Gasteiger partial charge in [0.05, 0.1) is 17.9 Å². The van der Waals surface area contributed by atoms with E-state index in [-0.39, 0.29) is 11.4 Å². The number of likely N-dealkylation sites (tertiary alicyclic amines) is 1. The van der Waals surface area contributed by atoms with Gasteiger partial charge in [0, 0.05) is 10.9 Å². The van der Waals surface area contributed by atoms with Gasteiger partial charge in [-0.05, 0) is 39.0 Å².